The van der Waals surface area contributed by atoms with E-state index in [-0.39, 0.29) is 0 Å². The molecule has 1 atom stereocenters. The van der Waals surface area contributed by atoms with Crippen molar-refractivity contribution in [3.8, 4) is 0 Å². The van der Waals surface area contributed by atoms with E-state index < -0.39 is 0 Å². The average Bonchev–Trinajstić information content (AvgIpc) is 2.75. The smallest absolute Gasteiger partial charge is 0.185 e. The van der Waals surface area contributed by atoms with Gasteiger partial charge >= 0.3 is 0 Å². The van der Waals surface area contributed by atoms with Gasteiger partial charge in [0, 0.05) is 37.8 Å². The molecule has 1 aromatic rings. The van der Waals surface area contributed by atoms with E-state index in [2.05, 4.69) is 29.0 Å². The molecule has 0 amide bonds. The SMILES string of the molecule is CCNC(C)c1cnc(N(C)CCOC)s1. The van der Waals surface area contributed by atoms with E-state index in [1.807, 2.05) is 13.2 Å². The van der Waals surface area contributed by atoms with Crippen molar-refractivity contribution in [3.63, 3.8) is 0 Å². The lowest BCUT2D eigenvalue weighted by molar-refractivity contribution is 0.206. The predicted octanol–water partition coefficient (Wildman–Crippen LogP) is 1.90. The highest BCUT2D eigenvalue weighted by atomic mass is 32.1. The molecule has 0 saturated carbocycles. The third-order valence-corrected chi connectivity index (χ3v) is 3.70. The van der Waals surface area contributed by atoms with Gasteiger partial charge in [-0.2, -0.15) is 0 Å². The summed E-state index contributed by atoms with van der Waals surface area (Å²) in [6.07, 6.45) is 1.95. The Hall–Kier alpha value is -0.650. The molecule has 0 fully saturated rings. The third kappa shape index (κ3) is 3.73. The Balaban J connectivity index is 2.56. The maximum absolute atomic E-state index is 5.05. The Morgan fingerprint density at radius 2 is 2.38 bits per heavy atom. The van der Waals surface area contributed by atoms with Gasteiger partial charge in [0.05, 0.1) is 6.61 Å². The lowest BCUT2D eigenvalue weighted by Gasteiger charge is -2.14. The number of thiazole rings is 1. The maximum atomic E-state index is 5.05. The summed E-state index contributed by atoms with van der Waals surface area (Å²) in [7, 11) is 3.76. The molecule has 1 aromatic heterocycles. The number of hydrogen-bond donors (Lipinski definition) is 1. The van der Waals surface area contributed by atoms with Crippen LogP contribution in [-0.4, -0.2) is 38.8 Å². The molecule has 1 N–H and O–H groups in total. The van der Waals surface area contributed by atoms with Gasteiger partial charge < -0.3 is 15.0 Å². The fourth-order valence-corrected chi connectivity index (χ4v) is 2.31. The number of aromatic nitrogens is 1. The zero-order valence-electron chi connectivity index (χ0n) is 10.5. The van der Waals surface area contributed by atoms with E-state index in [1.165, 1.54) is 4.88 Å². The first kappa shape index (κ1) is 13.4. The molecule has 1 rings (SSSR count). The molecule has 0 aliphatic rings. The van der Waals surface area contributed by atoms with Crippen LogP contribution in [0.5, 0.6) is 0 Å². The molecule has 92 valence electrons. The van der Waals surface area contributed by atoms with Crippen LogP contribution in [0.15, 0.2) is 6.20 Å². The molecule has 0 spiro atoms. The molecule has 0 radical (unpaired) electrons. The highest BCUT2D eigenvalue weighted by molar-refractivity contribution is 7.15. The number of nitrogens with zero attached hydrogens (tertiary/aromatic N) is 2. The molecule has 0 saturated heterocycles. The second kappa shape index (κ2) is 6.83. The van der Waals surface area contributed by atoms with E-state index in [1.54, 1.807) is 18.4 Å². The van der Waals surface area contributed by atoms with E-state index in [4.69, 9.17) is 4.74 Å². The second-order valence-electron chi connectivity index (χ2n) is 3.74. The van der Waals surface area contributed by atoms with Crippen LogP contribution in [0.1, 0.15) is 24.8 Å². The van der Waals surface area contributed by atoms with Crippen LogP contribution in [0.25, 0.3) is 0 Å². The monoisotopic (exact) mass is 243 g/mol. The van der Waals surface area contributed by atoms with Gasteiger partial charge in [0.25, 0.3) is 0 Å². The largest absolute Gasteiger partial charge is 0.383 e. The standard InChI is InChI=1S/C11H21N3OS/c1-5-12-9(2)10-8-13-11(16-10)14(3)6-7-15-4/h8-9,12H,5-7H2,1-4H3. The Kier molecular flexibility index (Phi) is 5.73. The predicted molar refractivity (Wildman–Crippen MR) is 69.4 cm³/mol. The van der Waals surface area contributed by atoms with Gasteiger partial charge in [-0.25, -0.2) is 4.98 Å². The number of methoxy groups -OCH3 is 1. The summed E-state index contributed by atoms with van der Waals surface area (Å²) in [6.45, 7) is 6.86. The maximum Gasteiger partial charge on any atom is 0.185 e. The first-order valence-electron chi connectivity index (χ1n) is 5.58. The second-order valence-corrected chi connectivity index (χ2v) is 4.78. The minimum Gasteiger partial charge on any atom is -0.383 e. The van der Waals surface area contributed by atoms with E-state index >= 15 is 0 Å². The van der Waals surface area contributed by atoms with Crippen molar-refractivity contribution < 1.29 is 4.74 Å². The molecule has 16 heavy (non-hydrogen) atoms. The Bertz CT molecular complexity index is 303. The normalized spacial score (nSPS) is 12.8. The molecule has 1 heterocycles. The number of nitrogens with one attached hydrogen (secondary N) is 1. The highest BCUT2D eigenvalue weighted by Crippen LogP contribution is 2.26. The summed E-state index contributed by atoms with van der Waals surface area (Å²) in [6, 6.07) is 0.382. The summed E-state index contributed by atoms with van der Waals surface area (Å²) in [5.74, 6) is 0. The Morgan fingerprint density at radius 3 is 3.00 bits per heavy atom. The molecule has 0 aliphatic heterocycles. The third-order valence-electron chi connectivity index (χ3n) is 2.41. The zero-order chi connectivity index (χ0) is 12.0. The first-order valence-corrected chi connectivity index (χ1v) is 6.39. The number of likely N-dealkylation sites (N-methyl/N-ethyl adjacent to an activating group) is 1. The summed E-state index contributed by atoms with van der Waals surface area (Å²) < 4.78 is 5.05. The van der Waals surface area contributed by atoms with Gasteiger partial charge in [0.1, 0.15) is 0 Å². The number of anilines is 1. The van der Waals surface area contributed by atoms with Crippen molar-refractivity contribution in [2.24, 2.45) is 0 Å². The first-order chi connectivity index (χ1) is 7.69. The van der Waals surface area contributed by atoms with Crippen molar-refractivity contribution >= 4 is 16.5 Å². The van der Waals surface area contributed by atoms with Gasteiger partial charge in [-0.05, 0) is 13.5 Å². The minimum absolute atomic E-state index is 0.382. The Labute approximate surface area is 102 Å². The van der Waals surface area contributed by atoms with Crippen LogP contribution in [0, 0.1) is 0 Å². The van der Waals surface area contributed by atoms with Gasteiger partial charge in [-0.3, -0.25) is 0 Å². The van der Waals surface area contributed by atoms with Crippen LogP contribution in [0.4, 0.5) is 5.13 Å². The summed E-state index contributed by atoms with van der Waals surface area (Å²) in [4.78, 5) is 7.82. The topological polar surface area (TPSA) is 37.4 Å². The van der Waals surface area contributed by atoms with Gasteiger partial charge in [0.2, 0.25) is 0 Å². The number of ether oxygens (including phenoxy) is 1. The van der Waals surface area contributed by atoms with Crippen molar-refractivity contribution in [2.75, 3.05) is 38.8 Å². The van der Waals surface area contributed by atoms with Crippen LogP contribution >= 0.6 is 11.3 Å². The molecule has 4 nitrogen and oxygen atoms in total. The van der Waals surface area contributed by atoms with Gasteiger partial charge in [-0.1, -0.05) is 6.92 Å². The number of hydrogen-bond acceptors (Lipinski definition) is 5. The summed E-state index contributed by atoms with van der Waals surface area (Å²) >= 11 is 1.74. The van der Waals surface area contributed by atoms with Gasteiger partial charge in [-0.15, -0.1) is 11.3 Å². The summed E-state index contributed by atoms with van der Waals surface area (Å²) in [5.41, 5.74) is 0. The quantitative estimate of drug-likeness (QED) is 0.793. The molecule has 0 aliphatic carbocycles. The zero-order valence-corrected chi connectivity index (χ0v) is 11.3. The lowest BCUT2D eigenvalue weighted by Crippen LogP contribution is -2.21. The van der Waals surface area contributed by atoms with Crippen molar-refractivity contribution in [2.45, 2.75) is 19.9 Å². The van der Waals surface area contributed by atoms with E-state index in [9.17, 15) is 0 Å². The fourth-order valence-electron chi connectivity index (χ4n) is 1.38. The molecule has 5 heteroatoms. The molecule has 0 aromatic carbocycles. The van der Waals surface area contributed by atoms with Crippen LogP contribution < -0.4 is 10.2 Å². The highest BCUT2D eigenvalue weighted by Gasteiger charge is 2.11. The summed E-state index contributed by atoms with van der Waals surface area (Å²) in [5, 5.41) is 4.44. The Morgan fingerprint density at radius 1 is 1.62 bits per heavy atom. The molecule has 0 bridgehead atoms. The fraction of sp³-hybridized carbons (Fsp3) is 0.727. The minimum atomic E-state index is 0.382. The number of rotatable bonds is 7. The van der Waals surface area contributed by atoms with E-state index in [0.29, 0.717) is 6.04 Å². The van der Waals surface area contributed by atoms with Gasteiger partial charge in [0.15, 0.2) is 5.13 Å². The molecular formula is C11H21N3OS. The molecular weight excluding hydrogens is 222 g/mol. The molecule has 1 unspecified atom stereocenters. The van der Waals surface area contributed by atoms with E-state index in [0.717, 1.165) is 24.8 Å². The van der Waals surface area contributed by atoms with Crippen molar-refractivity contribution in [1.82, 2.24) is 10.3 Å². The van der Waals surface area contributed by atoms with Crippen molar-refractivity contribution in [1.29, 1.82) is 0 Å². The lowest BCUT2D eigenvalue weighted by atomic mass is 10.3. The van der Waals surface area contributed by atoms with Crippen LogP contribution in [0.2, 0.25) is 0 Å². The van der Waals surface area contributed by atoms with Crippen molar-refractivity contribution in [3.05, 3.63) is 11.1 Å². The average molecular weight is 243 g/mol. The van der Waals surface area contributed by atoms with Crippen LogP contribution in [-0.2, 0) is 4.74 Å². The van der Waals surface area contributed by atoms with Crippen LogP contribution in [0.3, 0.4) is 0 Å².